The molecule has 3 N–H and O–H groups in total. The average molecular weight is 273 g/mol. The van der Waals surface area contributed by atoms with E-state index in [1.165, 1.54) is 0 Å². The topological polar surface area (TPSA) is 82.7 Å². The molecule has 0 saturated carbocycles. The van der Waals surface area contributed by atoms with E-state index < -0.39 is 0 Å². The van der Waals surface area contributed by atoms with Gasteiger partial charge in [-0.05, 0) is 26.3 Å². The van der Waals surface area contributed by atoms with Crippen LogP contribution in [0.5, 0.6) is 0 Å². The lowest BCUT2D eigenvalue weighted by atomic mass is 10.2. The van der Waals surface area contributed by atoms with E-state index in [4.69, 9.17) is 0 Å². The van der Waals surface area contributed by atoms with E-state index in [2.05, 4.69) is 32.7 Å². The zero-order valence-corrected chi connectivity index (χ0v) is 11.9. The largest absolute Gasteiger partial charge is 0.383 e. The van der Waals surface area contributed by atoms with E-state index >= 15 is 0 Å². The predicted molar refractivity (Wildman–Crippen MR) is 79.0 cm³/mol. The number of nitrogens with one attached hydrogen (secondary N) is 3. The second-order valence-corrected chi connectivity index (χ2v) is 4.61. The van der Waals surface area contributed by atoms with Crippen LogP contribution in [0.3, 0.4) is 0 Å². The third kappa shape index (κ3) is 2.96. The van der Waals surface area contributed by atoms with Gasteiger partial charge in [0.2, 0.25) is 0 Å². The molecule has 0 aliphatic heterocycles. The van der Waals surface area contributed by atoms with Gasteiger partial charge >= 0.3 is 0 Å². The van der Waals surface area contributed by atoms with Crippen molar-refractivity contribution < 1.29 is 4.79 Å². The predicted octanol–water partition coefficient (Wildman–Crippen LogP) is 2.50. The van der Waals surface area contributed by atoms with Crippen LogP contribution < -0.4 is 10.6 Å². The summed E-state index contributed by atoms with van der Waals surface area (Å²) >= 11 is 0. The number of carbonyl (C=O) groups excluding carboxylic acids is 1. The number of pyridine rings is 1. The number of H-pyrrole nitrogens is 1. The van der Waals surface area contributed by atoms with Gasteiger partial charge in [-0.15, -0.1) is 0 Å². The number of amides is 1. The number of hydrogen-bond acceptors (Lipinski definition) is 4. The quantitative estimate of drug-likeness (QED) is 0.781. The van der Waals surface area contributed by atoms with E-state index in [9.17, 15) is 4.79 Å². The van der Waals surface area contributed by atoms with Gasteiger partial charge in [-0.25, -0.2) is 0 Å². The lowest BCUT2D eigenvalue weighted by Crippen LogP contribution is -2.16. The molecule has 20 heavy (non-hydrogen) atoms. The minimum absolute atomic E-state index is 0.168. The monoisotopic (exact) mass is 273 g/mol. The van der Waals surface area contributed by atoms with E-state index in [1.54, 1.807) is 18.5 Å². The minimum atomic E-state index is -0.168. The number of aromatic nitrogens is 3. The maximum atomic E-state index is 12.4. The molecule has 0 fully saturated rings. The van der Waals surface area contributed by atoms with Crippen LogP contribution in [0.2, 0.25) is 0 Å². The lowest BCUT2D eigenvalue weighted by molar-refractivity contribution is 0.102. The summed E-state index contributed by atoms with van der Waals surface area (Å²) < 4.78 is 0. The van der Waals surface area contributed by atoms with Crippen molar-refractivity contribution in [2.75, 3.05) is 17.2 Å². The van der Waals surface area contributed by atoms with Gasteiger partial charge in [0.15, 0.2) is 0 Å². The van der Waals surface area contributed by atoms with Crippen LogP contribution in [0.15, 0.2) is 18.5 Å². The second kappa shape index (κ2) is 6.18. The number of aromatic amines is 1. The van der Waals surface area contributed by atoms with Gasteiger partial charge in [0.25, 0.3) is 5.91 Å². The van der Waals surface area contributed by atoms with Gasteiger partial charge in [-0.3, -0.25) is 14.9 Å². The molecule has 106 valence electrons. The summed E-state index contributed by atoms with van der Waals surface area (Å²) in [5.41, 5.74) is 3.66. The van der Waals surface area contributed by atoms with Gasteiger partial charge in [-0.1, -0.05) is 6.92 Å². The first-order valence-corrected chi connectivity index (χ1v) is 6.64. The normalized spacial score (nSPS) is 10.3. The Labute approximate surface area is 118 Å². The summed E-state index contributed by atoms with van der Waals surface area (Å²) in [4.78, 5) is 16.4. The SMILES string of the molecule is CCCNc1cnccc1C(=O)Nc1c(C)n[nH]c1C. The highest BCUT2D eigenvalue weighted by Crippen LogP contribution is 2.20. The van der Waals surface area contributed by atoms with Crippen LogP contribution in [-0.2, 0) is 0 Å². The summed E-state index contributed by atoms with van der Waals surface area (Å²) in [6, 6.07) is 1.71. The molecule has 6 heteroatoms. The Morgan fingerprint density at radius 1 is 1.40 bits per heavy atom. The van der Waals surface area contributed by atoms with Crippen LogP contribution in [0, 0.1) is 13.8 Å². The molecule has 1 amide bonds. The van der Waals surface area contributed by atoms with Gasteiger partial charge in [0.1, 0.15) is 0 Å². The summed E-state index contributed by atoms with van der Waals surface area (Å²) in [7, 11) is 0. The maximum absolute atomic E-state index is 12.4. The number of rotatable bonds is 5. The van der Waals surface area contributed by atoms with E-state index in [1.807, 2.05) is 13.8 Å². The molecule has 0 unspecified atom stereocenters. The molecule has 6 nitrogen and oxygen atoms in total. The molecule has 2 aromatic rings. The molecule has 0 bridgehead atoms. The van der Waals surface area contributed by atoms with Crippen molar-refractivity contribution in [2.45, 2.75) is 27.2 Å². The molecule has 2 rings (SSSR count). The van der Waals surface area contributed by atoms with Crippen molar-refractivity contribution in [3.05, 3.63) is 35.4 Å². The molecule has 2 heterocycles. The fourth-order valence-electron chi connectivity index (χ4n) is 1.91. The third-order valence-electron chi connectivity index (χ3n) is 3.00. The summed E-state index contributed by atoms with van der Waals surface area (Å²) in [6.45, 7) is 6.59. The second-order valence-electron chi connectivity index (χ2n) is 4.61. The van der Waals surface area contributed by atoms with Crippen molar-refractivity contribution in [2.24, 2.45) is 0 Å². The van der Waals surface area contributed by atoms with Crippen LogP contribution in [-0.4, -0.2) is 27.6 Å². The smallest absolute Gasteiger partial charge is 0.257 e. The Hall–Kier alpha value is -2.37. The highest BCUT2D eigenvalue weighted by molar-refractivity contribution is 6.08. The fraction of sp³-hybridized carbons (Fsp3) is 0.357. The number of hydrogen-bond donors (Lipinski definition) is 3. The maximum Gasteiger partial charge on any atom is 0.257 e. The molecule has 0 atom stereocenters. The van der Waals surface area contributed by atoms with Crippen LogP contribution in [0.1, 0.15) is 35.1 Å². The summed E-state index contributed by atoms with van der Waals surface area (Å²) in [5.74, 6) is -0.168. The van der Waals surface area contributed by atoms with Crippen molar-refractivity contribution in [1.82, 2.24) is 15.2 Å². The molecular weight excluding hydrogens is 254 g/mol. The number of nitrogens with zero attached hydrogens (tertiary/aromatic N) is 2. The molecular formula is C14H19N5O. The average Bonchev–Trinajstić information content (AvgIpc) is 2.77. The molecule has 0 spiro atoms. The third-order valence-corrected chi connectivity index (χ3v) is 3.00. The first-order chi connectivity index (χ1) is 9.63. The molecule has 0 aromatic carbocycles. The summed E-state index contributed by atoms with van der Waals surface area (Å²) in [5, 5.41) is 13.0. The van der Waals surface area contributed by atoms with Crippen LogP contribution in [0.25, 0.3) is 0 Å². The van der Waals surface area contributed by atoms with Gasteiger partial charge in [0.05, 0.1) is 34.5 Å². The molecule has 0 radical (unpaired) electrons. The van der Waals surface area contributed by atoms with E-state index in [0.29, 0.717) is 5.56 Å². The van der Waals surface area contributed by atoms with Gasteiger partial charge in [-0.2, -0.15) is 5.10 Å². The standard InChI is InChI=1S/C14H19N5O/c1-4-6-16-12-8-15-7-5-11(12)14(20)17-13-9(2)18-19-10(13)3/h5,7-8,16H,4,6H2,1-3H3,(H,17,20)(H,18,19). The van der Waals surface area contributed by atoms with E-state index in [0.717, 1.165) is 35.7 Å². The Bertz CT molecular complexity index is 586. The van der Waals surface area contributed by atoms with Crippen molar-refractivity contribution in [3.8, 4) is 0 Å². The lowest BCUT2D eigenvalue weighted by Gasteiger charge is -2.11. The molecule has 2 aromatic heterocycles. The van der Waals surface area contributed by atoms with Crippen LogP contribution >= 0.6 is 0 Å². The molecule has 0 saturated heterocycles. The van der Waals surface area contributed by atoms with Gasteiger partial charge in [0, 0.05) is 12.7 Å². The van der Waals surface area contributed by atoms with E-state index in [-0.39, 0.29) is 5.91 Å². The Morgan fingerprint density at radius 2 is 2.20 bits per heavy atom. The van der Waals surface area contributed by atoms with Crippen molar-refractivity contribution in [1.29, 1.82) is 0 Å². The fourth-order valence-corrected chi connectivity index (χ4v) is 1.91. The Balaban J connectivity index is 2.21. The van der Waals surface area contributed by atoms with Crippen LogP contribution in [0.4, 0.5) is 11.4 Å². The first-order valence-electron chi connectivity index (χ1n) is 6.64. The molecule has 0 aliphatic rings. The van der Waals surface area contributed by atoms with Crippen molar-refractivity contribution >= 4 is 17.3 Å². The Morgan fingerprint density at radius 3 is 2.85 bits per heavy atom. The zero-order chi connectivity index (χ0) is 14.5. The highest BCUT2D eigenvalue weighted by atomic mass is 16.1. The first kappa shape index (κ1) is 14.0. The highest BCUT2D eigenvalue weighted by Gasteiger charge is 2.15. The number of aryl methyl sites for hydroxylation is 2. The summed E-state index contributed by atoms with van der Waals surface area (Å²) in [6.07, 6.45) is 4.26. The molecule has 0 aliphatic carbocycles. The zero-order valence-electron chi connectivity index (χ0n) is 11.9. The minimum Gasteiger partial charge on any atom is -0.383 e. The Kier molecular flexibility index (Phi) is 4.34. The number of anilines is 2. The van der Waals surface area contributed by atoms with Gasteiger partial charge < -0.3 is 10.6 Å². The number of carbonyl (C=O) groups is 1. The van der Waals surface area contributed by atoms with Crippen molar-refractivity contribution in [3.63, 3.8) is 0 Å².